The molecule has 0 atom stereocenters. The number of sulfonamides is 1. The SMILES string of the molecule is CCOC(=O)CCCCCCCNS(=O)(=O)c1ccc(OC)cc1. The highest BCUT2D eigenvalue weighted by molar-refractivity contribution is 7.89. The van der Waals surface area contributed by atoms with Gasteiger partial charge in [-0.15, -0.1) is 0 Å². The Morgan fingerprint density at radius 1 is 1.04 bits per heavy atom. The number of hydrogen-bond acceptors (Lipinski definition) is 5. The maximum atomic E-state index is 12.1. The van der Waals surface area contributed by atoms with Gasteiger partial charge in [0.05, 0.1) is 18.6 Å². The van der Waals surface area contributed by atoms with Crippen molar-refractivity contribution in [1.29, 1.82) is 0 Å². The number of carbonyl (C=O) groups excluding carboxylic acids is 1. The lowest BCUT2D eigenvalue weighted by Gasteiger charge is -2.07. The molecular formula is C17H27NO5S. The highest BCUT2D eigenvalue weighted by atomic mass is 32.2. The molecule has 1 rings (SSSR count). The van der Waals surface area contributed by atoms with Gasteiger partial charge < -0.3 is 9.47 Å². The average Bonchev–Trinajstić information content (AvgIpc) is 2.57. The summed E-state index contributed by atoms with van der Waals surface area (Å²) in [4.78, 5) is 11.4. The summed E-state index contributed by atoms with van der Waals surface area (Å²) in [5.41, 5.74) is 0. The minimum atomic E-state index is -3.47. The molecule has 0 unspecified atom stereocenters. The van der Waals surface area contributed by atoms with Crippen LogP contribution in [0.4, 0.5) is 0 Å². The Morgan fingerprint density at radius 2 is 1.67 bits per heavy atom. The van der Waals surface area contributed by atoms with E-state index in [2.05, 4.69) is 4.72 Å². The molecule has 0 heterocycles. The fraction of sp³-hybridized carbons (Fsp3) is 0.588. The van der Waals surface area contributed by atoms with Gasteiger partial charge in [-0.1, -0.05) is 19.3 Å². The van der Waals surface area contributed by atoms with Crippen LogP contribution in [0.15, 0.2) is 29.2 Å². The molecule has 24 heavy (non-hydrogen) atoms. The van der Waals surface area contributed by atoms with Crippen LogP contribution in [0.25, 0.3) is 0 Å². The highest BCUT2D eigenvalue weighted by Gasteiger charge is 2.12. The van der Waals surface area contributed by atoms with E-state index in [1.165, 1.54) is 19.2 Å². The zero-order valence-corrected chi connectivity index (χ0v) is 15.2. The number of unbranched alkanes of at least 4 members (excludes halogenated alkanes) is 4. The van der Waals surface area contributed by atoms with E-state index < -0.39 is 10.0 Å². The largest absolute Gasteiger partial charge is 0.497 e. The normalized spacial score (nSPS) is 11.2. The first-order chi connectivity index (χ1) is 11.5. The first-order valence-corrected chi connectivity index (χ1v) is 9.77. The number of nitrogens with one attached hydrogen (secondary N) is 1. The van der Waals surface area contributed by atoms with Gasteiger partial charge >= 0.3 is 5.97 Å². The van der Waals surface area contributed by atoms with E-state index in [1.54, 1.807) is 19.1 Å². The lowest BCUT2D eigenvalue weighted by molar-refractivity contribution is -0.143. The van der Waals surface area contributed by atoms with Gasteiger partial charge in [0, 0.05) is 13.0 Å². The second-order valence-corrected chi connectivity index (χ2v) is 7.16. The Hall–Kier alpha value is -1.60. The van der Waals surface area contributed by atoms with Crippen molar-refractivity contribution in [3.8, 4) is 5.75 Å². The number of ether oxygens (including phenoxy) is 2. The Bertz CT molecular complexity index is 584. The monoisotopic (exact) mass is 357 g/mol. The minimum Gasteiger partial charge on any atom is -0.497 e. The predicted molar refractivity (Wildman–Crippen MR) is 92.5 cm³/mol. The fourth-order valence-electron chi connectivity index (χ4n) is 2.20. The third kappa shape index (κ3) is 7.79. The van der Waals surface area contributed by atoms with E-state index in [-0.39, 0.29) is 10.9 Å². The van der Waals surface area contributed by atoms with E-state index in [0.29, 0.717) is 25.3 Å². The van der Waals surface area contributed by atoms with Gasteiger partial charge in [-0.05, 0) is 44.0 Å². The summed E-state index contributed by atoms with van der Waals surface area (Å²) in [5, 5.41) is 0. The third-order valence-electron chi connectivity index (χ3n) is 3.52. The van der Waals surface area contributed by atoms with Gasteiger partial charge in [0.1, 0.15) is 5.75 Å². The molecule has 0 aromatic heterocycles. The van der Waals surface area contributed by atoms with Gasteiger partial charge in [0.15, 0.2) is 0 Å². The van der Waals surface area contributed by atoms with Crippen LogP contribution in [0.1, 0.15) is 45.4 Å². The second-order valence-electron chi connectivity index (χ2n) is 5.40. The van der Waals surface area contributed by atoms with Crippen LogP contribution in [-0.4, -0.2) is 34.6 Å². The lowest BCUT2D eigenvalue weighted by Crippen LogP contribution is -2.24. The molecule has 0 saturated carbocycles. The molecule has 1 aromatic rings. The van der Waals surface area contributed by atoms with E-state index in [9.17, 15) is 13.2 Å². The summed E-state index contributed by atoms with van der Waals surface area (Å²) >= 11 is 0. The molecule has 0 aliphatic carbocycles. The summed E-state index contributed by atoms with van der Waals surface area (Å²) in [6.07, 6.45) is 4.89. The molecule has 1 aromatic carbocycles. The number of rotatable bonds is 12. The summed E-state index contributed by atoms with van der Waals surface area (Å²) in [7, 11) is -1.93. The standard InChI is InChI=1S/C17H27NO5S/c1-3-23-17(19)9-7-5-4-6-8-14-18-24(20,21)16-12-10-15(22-2)11-13-16/h10-13,18H,3-9,14H2,1-2H3. The van der Waals surface area contributed by atoms with E-state index in [0.717, 1.165) is 32.1 Å². The number of benzene rings is 1. The summed E-state index contributed by atoms with van der Waals surface area (Å²) in [6, 6.07) is 6.29. The van der Waals surface area contributed by atoms with Crippen molar-refractivity contribution in [1.82, 2.24) is 4.72 Å². The van der Waals surface area contributed by atoms with Gasteiger partial charge in [0.25, 0.3) is 0 Å². The zero-order chi connectivity index (χ0) is 17.8. The second kappa shape index (κ2) is 11.0. The van der Waals surface area contributed by atoms with Gasteiger partial charge in [-0.3, -0.25) is 4.79 Å². The molecule has 0 spiro atoms. The lowest BCUT2D eigenvalue weighted by atomic mass is 10.1. The van der Waals surface area contributed by atoms with Crippen molar-refractivity contribution >= 4 is 16.0 Å². The van der Waals surface area contributed by atoms with Crippen molar-refractivity contribution in [2.24, 2.45) is 0 Å². The quantitative estimate of drug-likeness (QED) is 0.459. The molecule has 6 nitrogen and oxygen atoms in total. The Kier molecular flexibility index (Phi) is 9.41. The highest BCUT2D eigenvalue weighted by Crippen LogP contribution is 2.15. The Labute approximate surface area is 144 Å². The van der Waals surface area contributed by atoms with Crippen molar-refractivity contribution in [3.05, 3.63) is 24.3 Å². The molecule has 0 radical (unpaired) electrons. The van der Waals surface area contributed by atoms with Crippen LogP contribution >= 0.6 is 0 Å². The van der Waals surface area contributed by atoms with E-state index in [1.807, 2.05) is 0 Å². The molecule has 0 fully saturated rings. The number of methoxy groups -OCH3 is 1. The minimum absolute atomic E-state index is 0.148. The average molecular weight is 357 g/mol. The molecule has 0 bridgehead atoms. The van der Waals surface area contributed by atoms with Crippen LogP contribution in [0, 0.1) is 0 Å². The summed E-state index contributed by atoms with van der Waals surface area (Å²) < 4.78 is 36.7. The maximum Gasteiger partial charge on any atom is 0.305 e. The van der Waals surface area contributed by atoms with Crippen LogP contribution in [0.2, 0.25) is 0 Å². The van der Waals surface area contributed by atoms with Crippen molar-refractivity contribution < 1.29 is 22.7 Å². The Balaban J connectivity index is 2.16. The van der Waals surface area contributed by atoms with Gasteiger partial charge in [-0.25, -0.2) is 13.1 Å². The maximum absolute atomic E-state index is 12.1. The van der Waals surface area contributed by atoms with Crippen LogP contribution in [-0.2, 0) is 19.6 Å². The van der Waals surface area contributed by atoms with Crippen molar-refractivity contribution in [3.63, 3.8) is 0 Å². The first-order valence-electron chi connectivity index (χ1n) is 8.29. The smallest absolute Gasteiger partial charge is 0.305 e. The third-order valence-corrected chi connectivity index (χ3v) is 5.00. The molecule has 0 amide bonds. The molecule has 0 saturated heterocycles. The molecular weight excluding hydrogens is 330 g/mol. The van der Waals surface area contributed by atoms with Crippen molar-refractivity contribution in [2.75, 3.05) is 20.3 Å². The zero-order valence-electron chi connectivity index (χ0n) is 14.4. The number of esters is 1. The predicted octanol–water partition coefficient (Wildman–Crippen LogP) is 2.88. The Morgan fingerprint density at radius 3 is 2.29 bits per heavy atom. The van der Waals surface area contributed by atoms with Crippen molar-refractivity contribution in [2.45, 2.75) is 50.3 Å². The molecule has 136 valence electrons. The molecule has 1 N–H and O–H groups in total. The van der Waals surface area contributed by atoms with Crippen LogP contribution in [0.3, 0.4) is 0 Å². The molecule has 0 aliphatic heterocycles. The number of carbonyl (C=O) groups is 1. The number of hydrogen-bond donors (Lipinski definition) is 1. The van der Waals surface area contributed by atoms with E-state index >= 15 is 0 Å². The fourth-order valence-corrected chi connectivity index (χ4v) is 3.28. The molecule has 0 aliphatic rings. The molecule has 7 heteroatoms. The first kappa shape index (κ1) is 20.4. The van der Waals surface area contributed by atoms with Crippen LogP contribution in [0.5, 0.6) is 5.75 Å². The summed E-state index contributed by atoms with van der Waals surface area (Å²) in [5.74, 6) is 0.474. The van der Waals surface area contributed by atoms with Gasteiger partial charge in [-0.2, -0.15) is 0 Å². The van der Waals surface area contributed by atoms with Gasteiger partial charge in [0.2, 0.25) is 10.0 Å². The topological polar surface area (TPSA) is 81.7 Å². The van der Waals surface area contributed by atoms with E-state index in [4.69, 9.17) is 9.47 Å². The van der Waals surface area contributed by atoms with Crippen LogP contribution < -0.4 is 9.46 Å². The summed E-state index contributed by atoms with van der Waals surface area (Å²) in [6.45, 7) is 2.63.